The van der Waals surface area contributed by atoms with Gasteiger partial charge in [0.05, 0.1) is 0 Å². The maximum absolute atomic E-state index is 7.13. The van der Waals surface area contributed by atoms with Crippen LogP contribution >= 0.6 is 0 Å². The number of hydrogen-bond acceptors (Lipinski definition) is 4. The monoisotopic (exact) mass is 198 g/mol. The van der Waals surface area contributed by atoms with Gasteiger partial charge in [-0.2, -0.15) is 0 Å². The van der Waals surface area contributed by atoms with E-state index in [2.05, 4.69) is 24.1 Å². The highest BCUT2D eigenvalue weighted by molar-refractivity contribution is 7.64. The van der Waals surface area contributed by atoms with Crippen molar-refractivity contribution >= 4 is 12.6 Å². The minimum absolute atomic E-state index is 0.623. The Hall–Kier alpha value is -0.630. The van der Waals surface area contributed by atoms with Crippen LogP contribution in [0.15, 0.2) is 12.7 Å². The van der Waals surface area contributed by atoms with Gasteiger partial charge in [0.25, 0.3) is 0 Å². The van der Waals surface area contributed by atoms with Crippen molar-refractivity contribution in [2.45, 2.75) is 18.9 Å². The van der Waals surface area contributed by atoms with Crippen LogP contribution in [0.5, 0.6) is 0 Å². The van der Waals surface area contributed by atoms with E-state index < -0.39 is 0 Å². The molecule has 0 aromatic heterocycles. The van der Waals surface area contributed by atoms with E-state index >= 15 is 0 Å². The molecule has 1 saturated heterocycles. The molecular formula is C9H16N3S-. The van der Waals surface area contributed by atoms with E-state index in [9.17, 15) is 0 Å². The van der Waals surface area contributed by atoms with Gasteiger partial charge in [-0.25, -0.2) is 5.26 Å². The number of nitrogens with two attached hydrogens (primary N) is 1. The Kier molecular flexibility index (Phi) is 7.60. The SMILES string of the molecule is C=CCN1CCCC1CN.N#C[S-]. The van der Waals surface area contributed by atoms with E-state index in [1.54, 1.807) is 0 Å². The molecule has 1 unspecified atom stereocenters. The minimum atomic E-state index is 0.623. The Bertz CT molecular complexity index is 176. The van der Waals surface area contributed by atoms with E-state index in [0.717, 1.165) is 13.1 Å². The first kappa shape index (κ1) is 12.4. The second kappa shape index (κ2) is 7.99. The van der Waals surface area contributed by atoms with Crippen LogP contribution in [-0.2, 0) is 12.6 Å². The second-order valence-corrected chi connectivity index (χ2v) is 3.09. The summed E-state index contributed by atoms with van der Waals surface area (Å²) in [5.41, 5.74) is 5.58. The predicted octanol–water partition coefficient (Wildman–Crippen LogP) is 0.610. The summed E-state index contributed by atoms with van der Waals surface area (Å²) in [5.74, 6) is 0. The molecule has 4 heteroatoms. The first-order valence-corrected chi connectivity index (χ1v) is 4.77. The fourth-order valence-electron chi connectivity index (χ4n) is 1.57. The quantitative estimate of drug-likeness (QED) is 0.410. The number of nitriles is 1. The van der Waals surface area contributed by atoms with E-state index in [1.165, 1.54) is 24.8 Å². The highest BCUT2D eigenvalue weighted by Crippen LogP contribution is 2.14. The molecule has 1 fully saturated rings. The minimum Gasteiger partial charge on any atom is -0.696 e. The first-order valence-electron chi connectivity index (χ1n) is 4.36. The molecule has 0 aromatic carbocycles. The van der Waals surface area contributed by atoms with Crippen molar-refractivity contribution in [1.29, 1.82) is 5.26 Å². The summed E-state index contributed by atoms with van der Waals surface area (Å²) in [6.07, 6.45) is 4.52. The van der Waals surface area contributed by atoms with Crippen LogP contribution in [0.25, 0.3) is 0 Å². The topological polar surface area (TPSA) is 53.0 Å². The average molecular weight is 198 g/mol. The molecule has 0 spiro atoms. The van der Waals surface area contributed by atoms with Crippen LogP contribution in [0.4, 0.5) is 0 Å². The van der Waals surface area contributed by atoms with Gasteiger partial charge in [-0.15, -0.1) is 6.58 Å². The molecule has 0 bridgehead atoms. The van der Waals surface area contributed by atoms with Crippen LogP contribution in [0, 0.1) is 10.7 Å². The van der Waals surface area contributed by atoms with Crippen LogP contribution < -0.4 is 5.73 Å². The van der Waals surface area contributed by atoms with Crippen molar-refractivity contribution in [2.75, 3.05) is 19.6 Å². The molecule has 1 rings (SSSR count). The summed E-state index contributed by atoms with van der Waals surface area (Å²) >= 11 is 3.70. The molecule has 0 amide bonds. The number of rotatable bonds is 3. The molecule has 1 atom stereocenters. The molecule has 74 valence electrons. The number of nitrogens with zero attached hydrogens (tertiary/aromatic N) is 2. The average Bonchev–Trinajstić information content (AvgIpc) is 2.54. The third-order valence-corrected chi connectivity index (χ3v) is 2.13. The Balaban J connectivity index is 0.000000424. The van der Waals surface area contributed by atoms with Crippen molar-refractivity contribution in [3.05, 3.63) is 12.7 Å². The summed E-state index contributed by atoms with van der Waals surface area (Å²) in [5, 5.41) is 8.47. The van der Waals surface area contributed by atoms with Gasteiger partial charge in [0.1, 0.15) is 0 Å². The van der Waals surface area contributed by atoms with E-state index in [4.69, 9.17) is 11.0 Å². The van der Waals surface area contributed by atoms with Crippen LogP contribution in [0.2, 0.25) is 0 Å². The van der Waals surface area contributed by atoms with Gasteiger partial charge in [0, 0.05) is 19.1 Å². The van der Waals surface area contributed by atoms with Crippen molar-refractivity contribution in [3.8, 4) is 5.40 Å². The molecule has 1 aliphatic heterocycles. The zero-order valence-electron chi connectivity index (χ0n) is 7.78. The molecule has 0 aromatic rings. The van der Waals surface area contributed by atoms with Gasteiger partial charge in [0.15, 0.2) is 0 Å². The smallest absolute Gasteiger partial charge is 0.0222 e. The summed E-state index contributed by atoms with van der Waals surface area (Å²) in [6.45, 7) is 6.71. The molecule has 13 heavy (non-hydrogen) atoms. The fraction of sp³-hybridized carbons (Fsp3) is 0.667. The van der Waals surface area contributed by atoms with Gasteiger partial charge in [0.2, 0.25) is 0 Å². The van der Waals surface area contributed by atoms with Crippen molar-refractivity contribution in [3.63, 3.8) is 0 Å². The fourth-order valence-corrected chi connectivity index (χ4v) is 1.57. The molecule has 2 N–H and O–H groups in total. The van der Waals surface area contributed by atoms with Crippen molar-refractivity contribution in [2.24, 2.45) is 5.73 Å². The Morgan fingerprint density at radius 3 is 2.85 bits per heavy atom. The normalized spacial score (nSPS) is 21.4. The van der Waals surface area contributed by atoms with Crippen LogP contribution in [0.1, 0.15) is 12.8 Å². The van der Waals surface area contributed by atoms with Crippen molar-refractivity contribution < 1.29 is 0 Å². The van der Waals surface area contributed by atoms with E-state index in [1.807, 2.05) is 6.08 Å². The lowest BCUT2D eigenvalue weighted by Crippen LogP contribution is -2.35. The lowest BCUT2D eigenvalue weighted by Gasteiger charge is -2.20. The molecule has 0 aliphatic carbocycles. The van der Waals surface area contributed by atoms with Gasteiger partial charge in [-0.3, -0.25) is 4.90 Å². The zero-order chi connectivity index (χ0) is 10.1. The maximum Gasteiger partial charge on any atom is 0.0222 e. The molecule has 3 nitrogen and oxygen atoms in total. The van der Waals surface area contributed by atoms with E-state index in [0.29, 0.717) is 6.04 Å². The largest absolute Gasteiger partial charge is 0.696 e. The van der Waals surface area contributed by atoms with Crippen LogP contribution in [-0.4, -0.2) is 30.6 Å². The summed E-state index contributed by atoms with van der Waals surface area (Å²) in [6, 6.07) is 0.623. The Labute approximate surface area is 85.6 Å². The van der Waals surface area contributed by atoms with Gasteiger partial charge in [-0.1, -0.05) is 11.5 Å². The first-order chi connectivity index (χ1) is 6.29. The standard InChI is InChI=1S/C8H16N2.CHNS/c1-2-5-10-6-3-4-8(10)7-9;2-1-3/h2,8H,1,3-7,9H2;3H/p-1. The lowest BCUT2D eigenvalue weighted by molar-refractivity contribution is 0.286. The summed E-state index contributed by atoms with van der Waals surface area (Å²) in [7, 11) is 0. The van der Waals surface area contributed by atoms with Crippen molar-refractivity contribution in [1.82, 2.24) is 4.90 Å². The predicted molar refractivity (Wildman–Crippen MR) is 56.8 cm³/mol. The second-order valence-electron chi connectivity index (χ2n) is 2.91. The number of likely N-dealkylation sites (tertiary alicyclic amines) is 1. The third-order valence-electron chi connectivity index (χ3n) is 2.13. The molecular weight excluding hydrogens is 182 g/mol. The third kappa shape index (κ3) is 4.83. The highest BCUT2D eigenvalue weighted by atomic mass is 32.1. The number of thiocyanates is 1. The van der Waals surface area contributed by atoms with Gasteiger partial charge < -0.3 is 18.4 Å². The molecule has 0 saturated carbocycles. The molecule has 1 aliphatic rings. The Morgan fingerprint density at radius 2 is 2.38 bits per heavy atom. The number of hydrogen-bond donors (Lipinski definition) is 1. The summed E-state index contributed by atoms with van der Waals surface area (Å²) in [4.78, 5) is 2.40. The van der Waals surface area contributed by atoms with Gasteiger partial charge >= 0.3 is 0 Å². The van der Waals surface area contributed by atoms with Crippen LogP contribution in [0.3, 0.4) is 0 Å². The zero-order valence-corrected chi connectivity index (χ0v) is 8.59. The summed E-state index contributed by atoms with van der Waals surface area (Å²) < 4.78 is 0. The highest BCUT2D eigenvalue weighted by Gasteiger charge is 2.20. The Morgan fingerprint density at radius 1 is 1.77 bits per heavy atom. The van der Waals surface area contributed by atoms with E-state index in [-0.39, 0.29) is 0 Å². The lowest BCUT2D eigenvalue weighted by atomic mass is 10.2. The molecule has 0 radical (unpaired) electrons. The maximum atomic E-state index is 7.13. The van der Waals surface area contributed by atoms with Gasteiger partial charge in [-0.05, 0) is 19.4 Å². The molecule has 1 heterocycles.